The number of nitrogens with one attached hydrogen (secondary N) is 1. The van der Waals surface area contributed by atoms with E-state index in [2.05, 4.69) is 20.2 Å². The van der Waals surface area contributed by atoms with Crippen molar-refractivity contribution in [2.75, 3.05) is 36.9 Å². The van der Waals surface area contributed by atoms with E-state index in [9.17, 15) is 9.18 Å². The number of rotatable bonds is 8. The normalized spacial score (nSPS) is 13.6. The van der Waals surface area contributed by atoms with Crippen LogP contribution in [0.25, 0.3) is 0 Å². The molecule has 1 aliphatic heterocycles. The van der Waals surface area contributed by atoms with Crippen molar-refractivity contribution in [2.45, 2.75) is 24.7 Å². The van der Waals surface area contributed by atoms with Gasteiger partial charge in [0, 0.05) is 24.1 Å². The fraction of sp³-hybridized carbons (Fsp3) is 0.421. The predicted octanol–water partition coefficient (Wildman–Crippen LogP) is 2.81. The Hall–Kier alpha value is -2.35. The third-order valence-electron chi connectivity index (χ3n) is 4.09. The van der Waals surface area contributed by atoms with Crippen molar-refractivity contribution in [3.63, 3.8) is 0 Å². The average molecular weight is 390 g/mol. The highest BCUT2D eigenvalue weighted by Crippen LogP contribution is 2.21. The zero-order valence-electron chi connectivity index (χ0n) is 15.3. The number of aromatic nitrogens is 2. The molecule has 1 aromatic heterocycles. The Balaban J connectivity index is 1.39. The van der Waals surface area contributed by atoms with Crippen LogP contribution in [0.2, 0.25) is 0 Å². The van der Waals surface area contributed by atoms with Crippen molar-refractivity contribution in [1.29, 1.82) is 0 Å². The van der Waals surface area contributed by atoms with Crippen LogP contribution >= 0.6 is 11.8 Å². The van der Waals surface area contributed by atoms with Crippen LogP contribution in [0.1, 0.15) is 18.7 Å². The largest absolute Gasteiger partial charge is 0.476 e. The number of nitrogens with zero attached hydrogens (tertiary/aromatic N) is 3. The summed E-state index contributed by atoms with van der Waals surface area (Å²) < 4.78 is 18.5. The Kier molecular flexibility index (Phi) is 6.86. The molecule has 0 unspecified atom stereocenters. The Labute approximate surface area is 162 Å². The van der Waals surface area contributed by atoms with Crippen LogP contribution in [0.4, 0.5) is 10.2 Å². The van der Waals surface area contributed by atoms with Gasteiger partial charge in [-0.3, -0.25) is 4.79 Å². The van der Waals surface area contributed by atoms with E-state index in [0.29, 0.717) is 24.9 Å². The average Bonchev–Trinajstić information content (AvgIpc) is 3.19. The third kappa shape index (κ3) is 6.09. The minimum atomic E-state index is -0.284. The van der Waals surface area contributed by atoms with E-state index >= 15 is 0 Å². The summed E-state index contributed by atoms with van der Waals surface area (Å²) in [5, 5.41) is 2.81. The third-order valence-corrected chi connectivity index (χ3v) is 5.10. The summed E-state index contributed by atoms with van der Waals surface area (Å²) in [6.45, 7) is 4.60. The molecule has 8 heteroatoms. The predicted molar refractivity (Wildman–Crippen MR) is 104 cm³/mol. The summed E-state index contributed by atoms with van der Waals surface area (Å²) in [6.07, 6.45) is 2.36. The number of anilines is 1. The summed E-state index contributed by atoms with van der Waals surface area (Å²) in [7, 11) is 0. The zero-order chi connectivity index (χ0) is 19.1. The molecule has 144 valence electrons. The maximum atomic E-state index is 12.9. The molecule has 1 saturated heterocycles. The van der Waals surface area contributed by atoms with Crippen LogP contribution in [0, 0.1) is 12.7 Å². The van der Waals surface area contributed by atoms with Gasteiger partial charge in [-0.1, -0.05) is 0 Å². The molecule has 0 spiro atoms. The van der Waals surface area contributed by atoms with Crippen molar-refractivity contribution < 1.29 is 13.9 Å². The number of carbonyl (C=O) groups is 1. The molecule has 0 saturated carbocycles. The molecule has 0 radical (unpaired) electrons. The monoisotopic (exact) mass is 390 g/mol. The first-order chi connectivity index (χ1) is 13.1. The lowest BCUT2D eigenvalue weighted by Crippen LogP contribution is -2.29. The molecule has 1 aliphatic rings. The summed E-state index contributed by atoms with van der Waals surface area (Å²) in [4.78, 5) is 23.7. The number of ether oxygens (including phenoxy) is 1. The number of aryl methyl sites for hydroxylation is 1. The number of hydrogen-bond donors (Lipinski definition) is 1. The smallest absolute Gasteiger partial charge is 0.230 e. The van der Waals surface area contributed by atoms with E-state index in [1.807, 2.05) is 13.0 Å². The lowest BCUT2D eigenvalue weighted by atomic mass is 10.4. The van der Waals surface area contributed by atoms with Gasteiger partial charge in [0.05, 0.1) is 12.3 Å². The highest BCUT2D eigenvalue weighted by atomic mass is 32.2. The first-order valence-electron chi connectivity index (χ1n) is 8.99. The summed E-state index contributed by atoms with van der Waals surface area (Å²) in [5.74, 6) is 2.00. The first-order valence-corrected chi connectivity index (χ1v) is 9.97. The van der Waals surface area contributed by atoms with E-state index < -0.39 is 0 Å². The minimum Gasteiger partial charge on any atom is -0.476 e. The van der Waals surface area contributed by atoms with Crippen molar-refractivity contribution in [3.05, 3.63) is 42.0 Å². The van der Waals surface area contributed by atoms with E-state index in [4.69, 9.17) is 4.74 Å². The molecule has 0 aliphatic carbocycles. The number of halogens is 1. The first kappa shape index (κ1) is 19.4. The Bertz CT molecular complexity index is 767. The number of benzene rings is 1. The molecular weight excluding hydrogens is 367 g/mol. The second-order valence-electron chi connectivity index (χ2n) is 6.25. The molecule has 1 amide bonds. The fourth-order valence-electron chi connectivity index (χ4n) is 2.78. The van der Waals surface area contributed by atoms with Crippen LogP contribution in [-0.2, 0) is 4.79 Å². The Morgan fingerprint density at radius 2 is 2.00 bits per heavy atom. The zero-order valence-corrected chi connectivity index (χ0v) is 16.1. The van der Waals surface area contributed by atoms with Gasteiger partial charge in [0.2, 0.25) is 11.8 Å². The van der Waals surface area contributed by atoms with Crippen LogP contribution < -0.4 is 15.0 Å². The van der Waals surface area contributed by atoms with Crippen molar-refractivity contribution in [3.8, 4) is 5.88 Å². The van der Waals surface area contributed by atoms with Gasteiger partial charge in [0.15, 0.2) is 0 Å². The minimum absolute atomic E-state index is 0.0930. The van der Waals surface area contributed by atoms with Gasteiger partial charge in [-0.15, -0.1) is 11.8 Å². The van der Waals surface area contributed by atoms with E-state index in [1.165, 1.54) is 36.7 Å². The van der Waals surface area contributed by atoms with Crippen LogP contribution in [0.3, 0.4) is 0 Å². The van der Waals surface area contributed by atoms with Gasteiger partial charge in [0.25, 0.3) is 0 Å². The lowest BCUT2D eigenvalue weighted by Gasteiger charge is -2.17. The van der Waals surface area contributed by atoms with Gasteiger partial charge in [-0.2, -0.15) is 4.98 Å². The Morgan fingerprint density at radius 3 is 2.74 bits per heavy atom. The molecule has 2 heterocycles. The molecule has 0 bridgehead atoms. The number of thioether (sulfide) groups is 1. The fourth-order valence-corrected chi connectivity index (χ4v) is 3.51. The molecule has 1 N–H and O–H groups in total. The second-order valence-corrected chi connectivity index (χ2v) is 7.30. The molecule has 0 atom stereocenters. The van der Waals surface area contributed by atoms with Gasteiger partial charge >= 0.3 is 0 Å². The number of hydrogen-bond acceptors (Lipinski definition) is 6. The van der Waals surface area contributed by atoms with Gasteiger partial charge in [-0.05, 0) is 44.0 Å². The molecule has 1 fully saturated rings. The quantitative estimate of drug-likeness (QED) is 0.552. The number of carbonyl (C=O) groups excluding carboxylic acids is 1. The Morgan fingerprint density at radius 1 is 1.26 bits per heavy atom. The van der Waals surface area contributed by atoms with E-state index in [-0.39, 0.29) is 17.5 Å². The maximum Gasteiger partial charge on any atom is 0.230 e. The molecule has 3 rings (SSSR count). The molecule has 2 aromatic rings. The summed E-state index contributed by atoms with van der Waals surface area (Å²) in [5.41, 5.74) is 0. The maximum absolute atomic E-state index is 12.9. The highest BCUT2D eigenvalue weighted by Gasteiger charge is 2.15. The standard InChI is InChI=1S/C19H23FN4O2S/c1-14-22-17(24-9-2-3-10-24)12-19(23-14)26-11-8-21-18(25)13-27-16-6-4-15(20)5-7-16/h4-7,12H,2-3,8-11,13H2,1H3,(H,21,25). The molecule has 6 nitrogen and oxygen atoms in total. The second kappa shape index (κ2) is 9.55. The van der Waals surface area contributed by atoms with Gasteiger partial charge < -0.3 is 15.0 Å². The molecule has 27 heavy (non-hydrogen) atoms. The van der Waals surface area contributed by atoms with Crippen molar-refractivity contribution in [2.24, 2.45) is 0 Å². The van der Waals surface area contributed by atoms with E-state index in [1.54, 1.807) is 12.1 Å². The van der Waals surface area contributed by atoms with Crippen molar-refractivity contribution >= 4 is 23.5 Å². The highest BCUT2D eigenvalue weighted by molar-refractivity contribution is 8.00. The topological polar surface area (TPSA) is 67.3 Å². The van der Waals surface area contributed by atoms with Crippen molar-refractivity contribution in [1.82, 2.24) is 15.3 Å². The summed E-state index contributed by atoms with van der Waals surface area (Å²) >= 11 is 1.36. The molecular formula is C19H23FN4O2S. The lowest BCUT2D eigenvalue weighted by molar-refractivity contribution is -0.118. The van der Waals surface area contributed by atoms with E-state index in [0.717, 1.165) is 23.8 Å². The van der Waals surface area contributed by atoms with Crippen LogP contribution in [0.5, 0.6) is 5.88 Å². The number of amides is 1. The van der Waals surface area contributed by atoms with Crippen LogP contribution in [0.15, 0.2) is 35.2 Å². The molecule has 1 aromatic carbocycles. The van der Waals surface area contributed by atoms with Gasteiger partial charge in [0.1, 0.15) is 24.1 Å². The SMILES string of the molecule is Cc1nc(OCCNC(=O)CSc2ccc(F)cc2)cc(N2CCCC2)n1. The van der Waals surface area contributed by atoms with Gasteiger partial charge in [-0.25, -0.2) is 9.37 Å². The summed E-state index contributed by atoms with van der Waals surface area (Å²) in [6, 6.07) is 7.94. The van der Waals surface area contributed by atoms with Crippen LogP contribution in [-0.4, -0.2) is 47.9 Å².